The van der Waals surface area contributed by atoms with Crippen LogP contribution in [0.15, 0.2) is 18.2 Å². The van der Waals surface area contributed by atoms with E-state index in [-0.39, 0.29) is 12.1 Å². The lowest BCUT2D eigenvalue weighted by Gasteiger charge is -2.19. The summed E-state index contributed by atoms with van der Waals surface area (Å²) in [6, 6.07) is 5.12. The zero-order valence-corrected chi connectivity index (χ0v) is 10.8. The van der Waals surface area contributed by atoms with Crippen LogP contribution in [-0.4, -0.2) is 12.7 Å². The number of hydrogen-bond donors (Lipinski definition) is 2. The third-order valence-corrected chi connectivity index (χ3v) is 2.71. The molecule has 0 fully saturated rings. The summed E-state index contributed by atoms with van der Waals surface area (Å²) >= 11 is 12.0. The normalized spacial score (nSPS) is 13.1. The number of halogens is 2. The number of hydrazine groups is 1. The first kappa shape index (κ1) is 13.7. The van der Waals surface area contributed by atoms with E-state index in [1.807, 2.05) is 13.8 Å². The van der Waals surface area contributed by atoms with Gasteiger partial charge in [0.25, 0.3) is 0 Å². The Bertz CT molecular complexity index is 345. The Morgan fingerprint density at radius 1 is 1.38 bits per heavy atom. The van der Waals surface area contributed by atoms with Crippen LogP contribution >= 0.6 is 23.2 Å². The van der Waals surface area contributed by atoms with Crippen molar-refractivity contribution in [3.05, 3.63) is 33.8 Å². The summed E-state index contributed by atoms with van der Waals surface area (Å²) in [6.45, 7) is 4.38. The van der Waals surface area contributed by atoms with Crippen LogP contribution in [0, 0.1) is 0 Å². The molecule has 0 spiro atoms. The van der Waals surface area contributed by atoms with E-state index in [0.29, 0.717) is 16.7 Å². The molecule has 0 saturated carbocycles. The monoisotopic (exact) mass is 262 g/mol. The fraction of sp³-hybridized carbons (Fsp3) is 0.455. The second-order valence-corrected chi connectivity index (χ2v) is 4.61. The molecule has 0 aliphatic heterocycles. The Kier molecular flexibility index (Phi) is 5.52. The van der Waals surface area contributed by atoms with Gasteiger partial charge in [0.1, 0.15) is 0 Å². The molecule has 5 heteroatoms. The van der Waals surface area contributed by atoms with Gasteiger partial charge in [-0.3, -0.25) is 11.3 Å². The molecule has 0 aromatic heterocycles. The summed E-state index contributed by atoms with van der Waals surface area (Å²) in [5, 5.41) is 1.25. The highest BCUT2D eigenvalue weighted by Crippen LogP contribution is 2.26. The summed E-state index contributed by atoms with van der Waals surface area (Å²) in [7, 11) is 0. The molecule has 90 valence electrons. The first-order chi connectivity index (χ1) is 7.54. The van der Waals surface area contributed by atoms with Gasteiger partial charge in [0.2, 0.25) is 0 Å². The van der Waals surface area contributed by atoms with E-state index in [9.17, 15) is 0 Å². The highest BCUT2D eigenvalue weighted by atomic mass is 35.5. The van der Waals surface area contributed by atoms with Crippen LogP contribution in [0.5, 0.6) is 0 Å². The molecule has 1 atom stereocenters. The van der Waals surface area contributed by atoms with E-state index in [2.05, 4.69) is 5.43 Å². The average molecular weight is 263 g/mol. The smallest absolute Gasteiger partial charge is 0.0708 e. The van der Waals surface area contributed by atoms with Gasteiger partial charge < -0.3 is 4.74 Å². The molecule has 3 nitrogen and oxygen atoms in total. The Balaban J connectivity index is 2.81. The molecular weight excluding hydrogens is 247 g/mol. The third-order valence-electron chi connectivity index (χ3n) is 2.13. The van der Waals surface area contributed by atoms with Crippen LogP contribution in [0.25, 0.3) is 0 Å². The zero-order valence-electron chi connectivity index (χ0n) is 9.34. The lowest BCUT2D eigenvalue weighted by Crippen LogP contribution is -2.32. The maximum Gasteiger partial charge on any atom is 0.0708 e. The standard InChI is InChI=1S/C11H16Cl2N2O/c1-7(2)16-6-11(15-14)9-5-8(12)3-4-10(9)13/h3-5,7,11,15H,6,14H2,1-2H3. The van der Waals surface area contributed by atoms with Gasteiger partial charge in [-0.1, -0.05) is 23.2 Å². The first-order valence-electron chi connectivity index (χ1n) is 5.07. The van der Waals surface area contributed by atoms with Gasteiger partial charge in [0.05, 0.1) is 18.8 Å². The van der Waals surface area contributed by atoms with E-state index in [1.54, 1.807) is 18.2 Å². The van der Waals surface area contributed by atoms with Gasteiger partial charge in [-0.15, -0.1) is 0 Å². The molecular formula is C11H16Cl2N2O. The van der Waals surface area contributed by atoms with Gasteiger partial charge in [0.15, 0.2) is 0 Å². The molecule has 0 aliphatic rings. The fourth-order valence-corrected chi connectivity index (χ4v) is 1.73. The highest BCUT2D eigenvalue weighted by Gasteiger charge is 2.14. The zero-order chi connectivity index (χ0) is 12.1. The Labute approximate surface area is 106 Å². The van der Waals surface area contributed by atoms with Crippen molar-refractivity contribution in [2.45, 2.75) is 26.0 Å². The molecule has 1 unspecified atom stereocenters. The summed E-state index contributed by atoms with van der Waals surface area (Å²) < 4.78 is 5.50. The molecule has 0 saturated heterocycles. The predicted molar refractivity (Wildman–Crippen MR) is 67.6 cm³/mol. The van der Waals surface area contributed by atoms with E-state index in [4.69, 9.17) is 33.8 Å². The minimum atomic E-state index is -0.159. The SMILES string of the molecule is CC(C)OCC(NN)c1cc(Cl)ccc1Cl. The van der Waals surface area contributed by atoms with Crippen LogP contribution in [0.3, 0.4) is 0 Å². The van der Waals surface area contributed by atoms with Gasteiger partial charge in [-0.05, 0) is 37.6 Å². The summed E-state index contributed by atoms with van der Waals surface area (Å²) in [4.78, 5) is 0. The molecule has 0 aliphatic carbocycles. The second-order valence-electron chi connectivity index (χ2n) is 3.77. The number of hydrogen-bond acceptors (Lipinski definition) is 3. The predicted octanol–water partition coefficient (Wildman–Crippen LogP) is 2.92. The van der Waals surface area contributed by atoms with E-state index in [0.717, 1.165) is 5.56 Å². The number of benzene rings is 1. The van der Waals surface area contributed by atoms with E-state index >= 15 is 0 Å². The lowest BCUT2D eigenvalue weighted by molar-refractivity contribution is 0.0611. The van der Waals surface area contributed by atoms with E-state index < -0.39 is 0 Å². The van der Waals surface area contributed by atoms with Gasteiger partial charge in [0, 0.05) is 10.0 Å². The van der Waals surface area contributed by atoms with Crippen molar-refractivity contribution in [1.29, 1.82) is 0 Å². The molecule has 0 radical (unpaired) electrons. The van der Waals surface area contributed by atoms with Crippen LogP contribution < -0.4 is 11.3 Å². The molecule has 1 rings (SSSR count). The maximum absolute atomic E-state index is 6.08. The molecule has 0 bridgehead atoms. The van der Waals surface area contributed by atoms with Crippen LogP contribution in [0.2, 0.25) is 10.0 Å². The summed E-state index contributed by atoms with van der Waals surface area (Å²) in [5.41, 5.74) is 3.52. The number of rotatable bonds is 5. The Hall–Kier alpha value is -0.320. The maximum atomic E-state index is 6.08. The third kappa shape index (κ3) is 3.92. The molecule has 16 heavy (non-hydrogen) atoms. The van der Waals surface area contributed by atoms with Crippen LogP contribution in [0.4, 0.5) is 0 Å². The van der Waals surface area contributed by atoms with Crippen LogP contribution in [0.1, 0.15) is 25.5 Å². The molecule has 3 N–H and O–H groups in total. The minimum Gasteiger partial charge on any atom is -0.377 e. The molecule has 1 aromatic rings. The van der Waals surface area contributed by atoms with Gasteiger partial charge in [-0.2, -0.15) is 0 Å². The van der Waals surface area contributed by atoms with Crippen molar-refractivity contribution in [3.63, 3.8) is 0 Å². The largest absolute Gasteiger partial charge is 0.377 e. The van der Waals surface area contributed by atoms with Crippen molar-refractivity contribution >= 4 is 23.2 Å². The minimum absolute atomic E-state index is 0.147. The number of nitrogens with one attached hydrogen (secondary N) is 1. The Morgan fingerprint density at radius 2 is 2.06 bits per heavy atom. The summed E-state index contributed by atoms with van der Waals surface area (Å²) in [6.07, 6.45) is 0.147. The fourth-order valence-electron chi connectivity index (χ4n) is 1.30. The van der Waals surface area contributed by atoms with Gasteiger partial charge in [-0.25, -0.2) is 0 Å². The van der Waals surface area contributed by atoms with Crippen molar-refractivity contribution in [1.82, 2.24) is 5.43 Å². The number of nitrogens with two attached hydrogens (primary N) is 1. The van der Waals surface area contributed by atoms with Crippen molar-refractivity contribution in [2.24, 2.45) is 5.84 Å². The second kappa shape index (κ2) is 6.42. The quantitative estimate of drug-likeness (QED) is 0.634. The summed E-state index contributed by atoms with van der Waals surface area (Å²) in [5.74, 6) is 5.48. The molecule has 0 heterocycles. The molecule has 0 amide bonds. The first-order valence-corrected chi connectivity index (χ1v) is 5.83. The number of ether oxygens (including phenoxy) is 1. The Morgan fingerprint density at radius 3 is 2.62 bits per heavy atom. The average Bonchev–Trinajstić information content (AvgIpc) is 2.23. The lowest BCUT2D eigenvalue weighted by atomic mass is 10.1. The highest BCUT2D eigenvalue weighted by molar-refractivity contribution is 6.33. The van der Waals surface area contributed by atoms with Crippen LogP contribution in [-0.2, 0) is 4.74 Å². The topological polar surface area (TPSA) is 47.3 Å². The van der Waals surface area contributed by atoms with E-state index in [1.165, 1.54) is 0 Å². The van der Waals surface area contributed by atoms with Crippen molar-refractivity contribution < 1.29 is 4.74 Å². The van der Waals surface area contributed by atoms with Crippen molar-refractivity contribution in [2.75, 3.05) is 6.61 Å². The van der Waals surface area contributed by atoms with Crippen molar-refractivity contribution in [3.8, 4) is 0 Å². The van der Waals surface area contributed by atoms with Gasteiger partial charge >= 0.3 is 0 Å². The molecule has 1 aromatic carbocycles.